The zero-order valence-electron chi connectivity index (χ0n) is 18.3. The van der Waals surface area contributed by atoms with Crippen LogP contribution in [0.3, 0.4) is 0 Å². The Balaban J connectivity index is 1.66. The fraction of sp³-hybridized carbons (Fsp3) is 0.500. The van der Waals surface area contributed by atoms with Crippen LogP contribution in [0.25, 0.3) is 0 Å². The first-order valence-corrected chi connectivity index (χ1v) is 10.7. The molecule has 30 heavy (non-hydrogen) atoms. The number of hydrogen-bond acceptors (Lipinski definition) is 6. The van der Waals surface area contributed by atoms with Gasteiger partial charge in [-0.25, -0.2) is 0 Å². The van der Waals surface area contributed by atoms with Crippen molar-refractivity contribution in [3.8, 4) is 17.2 Å². The Morgan fingerprint density at radius 1 is 0.933 bits per heavy atom. The van der Waals surface area contributed by atoms with E-state index in [2.05, 4.69) is 40.1 Å². The number of aliphatic hydroxyl groups is 1. The Morgan fingerprint density at radius 3 is 2.33 bits per heavy atom. The first kappa shape index (κ1) is 22.4. The summed E-state index contributed by atoms with van der Waals surface area (Å²) in [7, 11) is 3.35. The molecule has 0 radical (unpaired) electrons. The van der Waals surface area contributed by atoms with E-state index in [1.54, 1.807) is 14.2 Å². The second kappa shape index (κ2) is 11.2. The molecule has 164 valence electrons. The molecule has 2 aromatic rings. The smallest absolute Gasteiger partial charge is 0.122 e. The van der Waals surface area contributed by atoms with Gasteiger partial charge < -0.3 is 19.3 Å². The van der Waals surface area contributed by atoms with Crippen molar-refractivity contribution in [2.75, 3.05) is 47.1 Å². The van der Waals surface area contributed by atoms with Crippen LogP contribution in [0.4, 0.5) is 0 Å². The van der Waals surface area contributed by atoms with Crippen LogP contribution in [-0.4, -0.2) is 68.0 Å². The summed E-state index contributed by atoms with van der Waals surface area (Å²) in [6, 6.07) is 14.6. The van der Waals surface area contributed by atoms with Crippen LogP contribution in [-0.2, 0) is 13.1 Å². The Kier molecular flexibility index (Phi) is 8.37. The molecule has 2 aromatic carbocycles. The molecule has 0 aliphatic carbocycles. The number of aliphatic hydroxyl groups excluding tert-OH is 1. The molecule has 1 saturated heterocycles. The van der Waals surface area contributed by atoms with Crippen LogP contribution in [0.1, 0.15) is 24.5 Å². The highest BCUT2D eigenvalue weighted by molar-refractivity contribution is 5.38. The SMILES string of the molecule is CCOc1cccc(CN2CCN(Cc3cc(OC)cc(OC)c3)C(CCO)C2)c1. The highest BCUT2D eigenvalue weighted by Gasteiger charge is 2.27. The number of piperazine rings is 1. The summed E-state index contributed by atoms with van der Waals surface area (Å²) < 4.78 is 16.5. The lowest BCUT2D eigenvalue weighted by atomic mass is 10.1. The third-order valence-corrected chi connectivity index (χ3v) is 5.56. The van der Waals surface area contributed by atoms with E-state index in [1.807, 2.05) is 19.1 Å². The van der Waals surface area contributed by atoms with Gasteiger partial charge in [-0.1, -0.05) is 12.1 Å². The van der Waals surface area contributed by atoms with E-state index in [0.29, 0.717) is 12.6 Å². The van der Waals surface area contributed by atoms with Crippen molar-refractivity contribution in [1.82, 2.24) is 9.80 Å². The summed E-state index contributed by atoms with van der Waals surface area (Å²) in [4.78, 5) is 4.92. The fourth-order valence-electron chi connectivity index (χ4n) is 4.08. The van der Waals surface area contributed by atoms with Crippen LogP contribution >= 0.6 is 0 Å². The number of nitrogens with zero attached hydrogens (tertiary/aromatic N) is 2. The van der Waals surface area contributed by atoms with Gasteiger partial charge in [-0.3, -0.25) is 9.80 Å². The average Bonchev–Trinajstić information content (AvgIpc) is 2.76. The van der Waals surface area contributed by atoms with Gasteiger partial charge in [-0.15, -0.1) is 0 Å². The first-order valence-electron chi connectivity index (χ1n) is 10.7. The number of hydrogen-bond donors (Lipinski definition) is 1. The molecule has 1 fully saturated rings. The quantitative estimate of drug-likeness (QED) is 0.645. The molecule has 6 nitrogen and oxygen atoms in total. The van der Waals surface area contributed by atoms with Gasteiger partial charge in [0.15, 0.2) is 0 Å². The Labute approximate surface area is 180 Å². The molecule has 1 aliphatic rings. The summed E-state index contributed by atoms with van der Waals surface area (Å²) >= 11 is 0. The van der Waals surface area contributed by atoms with Crippen LogP contribution < -0.4 is 14.2 Å². The third kappa shape index (κ3) is 6.11. The molecule has 6 heteroatoms. The van der Waals surface area contributed by atoms with Crippen LogP contribution in [0, 0.1) is 0 Å². The van der Waals surface area contributed by atoms with Crippen molar-refractivity contribution in [1.29, 1.82) is 0 Å². The van der Waals surface area contributed by atoms with Crippen LogP contribution in [0.15, 0.2) is 42.5 Å². The predicted octanol–water partition coefficient (Wildman–Crippen LogP) is 3.17. The van der Waals surface area contributed by atoms with Gasteiger partial charge in [0.1, 0.15) is 17.2 Å². The summed E-state index contributed by atoms with van der Waals surface area (Å²) in [5.41, 5.74) is 2.42. The minimum absolute atomic E-state index is 0.191. The highest BCUT2D eigenvalue weighted by atomic mass is 16.5. The Hall–Kier alpha value is -2.28. The Morgan fingerprint density at radius 2 is 1.67 bits per heavy atom. The van der Waals surface area contributed by atoms with E-state index >= 15 is 0 Å². The third-order valence-electron chi connectivity index (χ3n) is 5.56. The lowest BCUT2D eigenvalue weighted by Gasteiger charge is -2.41. The first-order chi connectivity index (χ1) is 14.6. The predicted molar refractivity (Wildman–Crippen MR) is 118 cm³/mol. The zero-order chi connectivity index (χ0) is 21.3. The fourth-order valence-corrected chi connectivity index (χ4v) is 4.08. The number of benzene rings is 2. The van der Waals surface area contributed by atoms with E-state index < -0.39 is 0 Å². The molecule has 0 saturated carbocycles. The topological polar surface area (TPSA) is 54.4 Å². The minimum Gasteiger partial charge on any atom is -0.497 e. The van der Waals surface area contributed by atoms with Gasteiger partial charge in [-0.2, -0.15) is 0 Å². The van der Waals surface area contributed by atoms with E-state index in [1.165, 1.54) is 5.56 Å². The minimum atomic E-state index is 0.191. The number of methoxy groups -OCH3 is 2. The molecule has 3 rings (SSSR count). The maximum absolute atomic E-state index is 9.64. The van der Waals surface area contributed by atoms with Gasteiger partial charge in [0.25, 0.3) is 0 Å². The molecule has 1 N–H and O–H groups in total. The second-order valence-electron chi connectivity index (χ2n) is 7.67. The monoisotopic (exact) mass is 414 g/mol. The van der Waals surface area contributed by atoms with Crippen molar-refractivity contribution in [2.45, 2.75) is 32.5 Å². The molecule has 1 aliphatic heterocycles. The molecule has 0 bridgehead atoms. The number of rotatable bonds is 10. The molecule has 0 aromatic heterocycles. The van der Waals surface area contributed by atoms with Gasteiger partial charge in [-0.05, 0) is 48.7 Å². The maximum Gasteiger partial charge on any atom is 0.122 e. The van der Waals surface area contributed by atoms with E-state index in [-0.39, 0.29) is 6.61 Å². The highest BCUT2D eigenvalue weighted by Crippen LogP contribution is 2.26. The molecule has 1 atom stereocenters. The van der Waals surface area contributed by atoms with E-state index in [9.17, 15) is 5.11 Å². The Bertz CT molecular complexity index is 776. The average molecular weight is 415 g/mol. The van der Waals surface area contributed by atoms with Crippen molar-refractivity contribution in [3.63, 3.8) is 0 Å². The van der Waals surface area contributed by atoms with E-state index in [4.69, 9.17) is 14.2 Å². The molecule has 0 amide bonds. The summed E-state index contributed by atoms with van der Waals surface area (Å²) in [6.07, 6.45) is 0.761. The molecular weight excluding hydrogens is 380 g/mol. The summed E-state index contributed by atoms with van der Waals surface area (Å²) in [5.74, 6) is 2.53. The van der Waals surface area contributed by atoms with Crippen molar-refractivity contribution < 1.29 is 19.3 Å². The summed E-state index contributed by atoms with van der Waals surface area (Å²) in [5, 5.41) is 9.64. The molecule has 0 spiro atoms. The lowest BCUT2D eigenvalue weighted by Crippen LogP contribution is -2.52. The lowest BCUT2D eigenvalue weighted by molar-refractivity contribution is 0.0499. The van der Waals surface area contributed by atoms with Crippen LogP contribution in [0.5, 0.6) is 17.2 Å². The van der Waals surface area contributed by atoms with Crippen LogP contribution in [0.2, 0.25) is 0 Å². The normalized spacial score (nSPS) is 17.7. The van der Waals surface area contributed by atoms with Crippen molar-refractivity contribution >= 4 is 0 Å². The van der Waals surface area contributed by atoms with Gasteiger partial charge in [0.05, 0.1) is 20.8 Å². The largest absolute Gasteiger partial charge is 0.497 e. The zero-order valence-corrected chi connectivity index (χ0v) is 18.3. The molecular formula is C24H34N2O4. The van der Waals surface area contributed by atoms with Crippen molar-refractivity contribution in [2.24, 2.45) is 0 Å². The maximum atomic E-state index is 9.64. The second-order valence-corrected chi connectivity index (χ2v) is 7.67. The molecule has 1 heterocycles. The van der Waals surface area contributed by atoms with Gasteiger partial charge in [0.2, 0.25) is 0 Å². The van der Waals surface area contributed by atoms with E-state index in [0.717, 1.165) is 62.0 Å². The number of ether oxygens (including phenoxy) is 3. The van der Waals surface area contributed by atoms with Gasteiger partial charge in [0, 0.05) is 51.4 Å². The standard InChI is InChI=1S/C24H34N2O4/c1-4-30-22-7-5-6-19(12-22)16-25-9-10-26(21(18-25)8-11-27)17-20-13-23(28-2)15-24(14-20)29-3/h5-7,12-15,21,27H,4,8-11,16-18H2,1-3H3. The van der Waals surface area contributed by atoms with Gasteiger partial charge >= 0.3 is 0 Å². The molecule has 1 unspecified atom stereocenters. The summed E-state index contributed by atoms with van der Waals surface area (Å²) in [6.45, 7) is 7.45. The van der Waals surface area contributed by atoms with Crippen molar-refractivity contribution in [3.05, 3.63) is 53.6 Å².